The van der Waals surface area contributed by atoms with Crippen molar-refractivity contribution < 1.29 is 23.5 Å². The summed E-state index contributed by atoms with van der Waals surface area (Å²) in [6.07, 6.45) is 4.76. The van der Waals surface area contributed by atoms with Crippen molar-refractivity contribution in [2.75, 3.05) is 26.8 Å². The van der Waals surface area contributed by atoms with Gasteiger partial charge in [0, 0.05) is 37.4 Å². The first-order valence-corrected chi connectivity index (χ1v) is 12.1. The summed E-state index contributed by atoms with van der Waals surface area (Å²) in [5.74, 6) is 1.00. The van der Waals surface area contributed by atoms with Crippen LogP contribution < -0.4 is 14.8 Å². The number of carbonyl (C=O) groups is 2. The molecule has 182 valence electrons. The van der Waals surface area contributed by atoms with Gasteiger partial charge >= 0.3 is 0 Å². The summed E-state index contributed by atoms with van der Waals surface area (Å²) in [4.78, 5) is 27.1. The molecule has 2 heterocycles. The summed E-state index contributed by atoms with van der Waals surface area (Å²) in [5, 5.41) is 3.16. The summed E-state index contributed by atoms with van der Waals surface area (Å²) in [7, 11) is 1.64. The third kappa shape index (κ3) is 6.07. The van der Waals surface area contributed by atoms with E-state index in [0.717, 1.165) is 37.1 Å². The van der Waals surface area contributed by atoms with Crippen LogP contribution in [0.5, 0.6) is 11.5 Å². The SMILES string of the molecule is COc1ccc(C[C@]2(CCC(=O)N3CCC[C@@H](COc4ccccc4F)C3)CCC(=O)N2)cc1. The highest BCUT2D eigenvalue weighted by atomic mass is 19.1. The number of nitrogens with one attached hydrogen (secondary N) is 1. The Balaban J connectivity index is 1.32. The maximum Gasteiger partial charge on any atom is 0.222 e. The lowest BCUT2D eigenvalue weighted by Crippen LogP contribution is -2.46. The van der Waals surface area contributed by atoms with Crippen LogP contribution in [0.3, 0.4) is 0 Å². The predicted octanol–water partition coefficient (Wildman–Crippen LogP) is 4.12. The molecular weight excluding hydrogens is 435 g/mol. The van der Waals surface area contributed by atoms with Crippen molar-refractivity contribution in [3.05, 3.63) is 59.9 Å². The number of hydrogen-bond acceptors (Lipinski definition) is 4. The molecular formula is C27H33FN2O4. The van der Waals surface area contributed by atoms with Crippen LogP contribution in [-0.4, -0.2) is 49.1 Å². The standard InChI is InChI=1S/C27H33FN2O4/c1-33-22-10-8-20(9-11-22)17-27(14-12-25(31)29-27)15-13-26(32)30-16-4-5-21(18-30)19-34-24-7-3-2-6-23(24)28/h2-3,6-11,21H,4-5,12-19H2,1H3,(H,29,31)/t21-,27-/m1/s1. The number of amides is 2. The molecule has 2 aromatic rings. The molecule has 0 aromatic heterocycles. The minimum Gasteiger partial charge on any atom is -0.497 e. The van der Waals surface area contributed by atoms with E-state index in [1.165, 1.54) is 6.07 Å². The van der Waals surface area contributed by atoms with E-state index in [2.05, 4.69) is 5.32 Å². The van der Waals surface area contributed by atoms with Gasteiger partial charge in [-0.05, 0) is 61.9 Å². The third-order valence-corrected chi connectivity index (χ3v) is 6.94. The van der Waals surface area contributed by atoms with E-state index in [1.54, 1.807) is 25.3 Å². The minimum atomic E-state index is -0.398. The molecule has 2 aliphatic heterocycles. The number of nitrogens with zero attached hydrogens (tertiary/aromatic N) is 1. The fraction of sp³-hybridized carbons (Fsp3) is 0.481. The Bertz CT molecular complexity index is 996. The van der Waals surface area contributed by atoms with E-state index in [1.807, 2.05) is 29.2 Å². The first kappa shape index (κ1) is 24.0. The summed E-state index contributed by atoms with van der Waals surface area (Å²) in [6.45, 7) is 1.74. The molecule has 34 heavy (non-hydrogen) atoms. The van der Waals surface area contributed by atoms with Gasteiger partial charge < -0.3 is 19.7 Å². The molecule has 2 amide bonds. The van der Waals surface area contributed by atoms with Crippen molar-refractivity contribution in [1.29, 1.82) is 0 Å². The van der Waals surface area contributed by atoms with Gasteiger partial charge in [-0.15, -0.1) is 0 Å². The predicted molar refractivity (Wildman–Crippen MR) is 127 cm³/mol. The molecule has 4 rings (SSSR count). The average Bonchev–Trinajstić information content (AvgIpc) is 3.23. The Morgan fingerprint density at radius 3 is 2.71 bits per heavy atom. The van der Waals surface area contributed by atoms with Gasteiger partial charge in [-0.25, -0.2) is 4.39 Å². The van der Waals surface area contributed by atoms with Crippen LogP contribution in [0.15, 0.2) is 48.5 Å². The van der Waals surface area contributed by atoms with Gasteiger partial charge in [0.1, 0.15) is 5.75 Å². The van der Waals surface area contributed by atoms with Crippen LogP contribution in [0.4, 0.5) is 4.39 Å². The van der Waals surface area contributed by atoms with Crippen molar-refractivity contribution in [2.24, 2.45) is 5.92 Å². The zero-order valence-electron chi connectivity index (χ0n) is 19.7. The Morgan fingerprint density at radius 1 is 1.21 bits per heavy atom. The number of benzene rings is 2. The van der Waals surface area contributed by atoms with E-state index in [0.29, 0.717) is 38.8 Å². The number of likely N-dealkylation sites (tertiary alicyclic amines) is 1. The molecule has 0 spiro atoms. The monoisotopic (exact) mass is 468 g/mol. The molecule has 1 N–H and O–H groups in total. The Labute approximate surface area is 200 Å². The lowest BCUT2D eigenvalue weighted by molar-refractivity contribution is -0.134. The molecule has 2 aliphatic rings. The van der Waals surface area contributed by atoms with Gasteiger partial charge in [0.2, 0.25) is 11.8 Å². The van der Waals surface area contributed by atoms with Crippen molar-refractivity contribution in [3.8, 4) is 11.5 Å². The molecule has 0 saturated carbocycles. The van der Waals surface area contributed by atoms with Crippen LogP contribution in [0.1, 0.15) is 44.1 Å². The maximum absolute atomic E-state index is 13.8. The summed E-state index contributed by atoms with van der Waals surface area (Å²) < 4.78 is 24.8. The fourth-order valence-corrected chi connectivity index (χ4v) is 5.02. The smallest absolute Gasteiger partial charge is 0.222 e. The Morgan fingerprint density at radius 2 is 2.00 bits per heavy atom. The summed E-state index contributed by atoms with van der Waals surface area (Å²) >= 11 is 0. The zero-order chi connectivity index (χ0) is 24.0. The number of piperidine rings is 1. The van der Waals surface area contributed by atoms with E-state index < -0.39 is 5.54 Å². The van der Waals surface area contributed by atoms with Gasteiger partial charge in [0.15, 0.2) is 11.6 Å². The molecule has 0 radical (unpaired) electrons. The lowest BCUT2D eigenvalue weighted by Gasteiger charge is -2.34. The number of hydrogen-bond donors (Lipinski definition) is 1. The molecule has 2 atom stereocenters. The fourth-order valence-electron chi connectivity index (χ4n) is 5.02. The van der Waals surface area contributed by atoms with Crippen LogP contribution in [-0.2, 0) is 16.0 Å². The molecule has 2 saturated heterocycles. The topological polar surface area (TPSA) is 67.9 Å². The highest BCUT2D eigenvalue weighted by molar-refractivity contribution is 5.80. The van der Waals surface area contributed by atoms with Crippen molar-refractivity contribution >= 4 is 11.8 Å². The van der Waals surface area contributed by atoms with Gasteiger partial charge in [-0.1, -0.05) is 24.3 Å². The maximum atomic E-state index is 13.8. The number of rotatable bonds is 9. The lowest BCUT2D eigenvalue weighted by atomic mass is 9.84. The van der Waals surface area contributed by atoms with Crippen LogP contribution in [0.2, 0.25) is 0 Å². The highest BCUT2D eigenvalue weighted by Gasteiger charge is 2.38. The largest absolute Gasteiger partial charge is 0.497 e. The minimum absolute atomic E-state index is 0.0456. The quantitative estimate of drug-likeness (QED) is 0.601. The normalized spacial score (nSPS) is 22.4. The number of para-hydroxylation sites is 1. The first-order valence-electron chi connectivity index (χ1n) is 12.1. The number of ether oxygens (including phenoxy) is 2. The number of methoxy groups -OCH3 is 1. The Kier molecular flexibility index (Phi) is 7.70. The molecule has 2 aromatic carbocycles. The van der Waals surface area contributed by atoms with Crippen LogP contribution in [0.25, 0.3) is 0 Å². The second-order valence-electron chi connectivity index (χ2n) is 9.44. The van der Waals surface area contributed by atoms with Crippen LogP contribution >= 0.6 is 0 Å². The molecule has 7 heteroatoms. The average molecular weight is 469 g/mol. The molecule has 0 bridgehead atoms. The third-order valence-electron chi connectivity index (χ3n) is 6.94. The van der Waals surface area contributed by atoms with E-state index >= 15 is 0 Å². The summed E-state index contributed by atoms with van der Waals surface area (Å²) in [6, 6.07) is 14.3. The van der Waals surface area contributed by atoms with Gasteiger partial charge in [-0.2, -0.15) is 0 Å². The zero-order valence-corrected chi connectivity index (χ0v) is 19.7. The first-order chi connectivity index (χ1) is 16.5. The van der Waals surface area contributed by atoms with Gasteiger partial charge in [0.05, 0.1) is 13.7 Å². The second kappa shape index (κ2) is 10.9. The van der Waals surface area contributed by atoms with E-state index in [9.17, 15) is 14.0 Å². The Hall–Kier alpha value is -3.09. The number of halogens is 1. The van der Waals surface area contributed by atoms with Gasteiger partial charge in [0.25, 0.3) is 0 Å². The van der Waals surface area contributed by atoms with Crippen LogP contribution in [0, 0.1) is 11.7 Å². The van der Waals surface area contributed by atoms with Crippen molar-refractivity contribution in [2.45, 2.75) is 50.5 Å². The van der Waals surface area contributed by atoms with Crippen molar-refractivity contribution in [3.63, 3.8) is 0 Å². The van der Waals surface area contributed by atoms with Gasteiger partial charge in [-0.3, -0.25) is 9.59 Å². The molecule has 0 unspecified atom stereocenters. The second-order valence-corrected chi connectivity index (χ2v) is 9.44. The molecule has 0 aliphatic carbocycles. The molecule has 2 fully saturated rings. The molecule has 6 nitrogen and oxygen atoms in total. The summed E-state index contributed by atoms with van der Waals surface area (Å²) in [5.41, 5.74) is 0.712. The van der Waals surface area contributed by atoms with E-state index in [-0.39, 0.29) is 29.3 Å². The number of carbonyl (C=O) groups excluding carboxylic acids is 2. The van der Waals surface area contributed by atoms with E-state index in [4.69, 9.17) is 9.47 Å². The van der Waals surface area contributed by atoms with Crippen molar-refractivity contribution in [1.82, 2.24) is 10.2 Å². The highest BCUT2D eigenvalue weighted by Crippen LogP contribution is 2.31.